The van der Waals surface area contributed by atoms with Crippen LogP contribution in [0.3, 0.4) is 0 Å². The van der Waals surface area contributed by atoms with Gasteiger partial charge in [-0.2, -0.15) is 5.26 Å². The number of benzene rings is 2. The van der Waals surface area contributed by atoms with Crippen LogP contribution in [-0.2, 0) is 11.2 Å². The lowest BCUT2D eigenvalue weighted by Gasteiger charge is -2.04. The number of hydrogen-bond acceptors (Lipinski definition) is 2. The van der Waals surface area contributed by atoms with E-state index in [-0.39, 0.29) is 11.5 Å². The van der Waals surface area contributed by atoms with Crippen LogP contribution >= 0.6 is 11.6 Å². The molecule has 1 amide bonds. The second-order valence-electron chi connectivity index (χ2n) is 4.71. The van der Waals surface area contributed by atoms with Crippen LogP contribution in [0.25, 0.3) is 6.08 Å². The van der Waals surface area contributed by atoms with Crippen molar-refractivity contribution in [2.75, 3.05) is 6.54 Å². The Balaban J connectivity index is 1.94. The summed E-state index contributed by atoms with van der Waals surface area (Å²) in [5.41, 5.74) is 1.98. The summed E-state index contributed by atoms with van der Waals surface area (Å²) in [7, 11) is 0. The third kappa shape index (κ3) is 4.76. The summed E-state index contributed by atoms with van der Waals surface area (Å²) < 4.78 is 0. The maximum absolute atomic E-state index is 12.0. The molecular formula is C18H15ClN2O. The lowest BCUT2D eigenvalue weighted by atomic mass is 10.1. The second kappa shape index (κ2) is 8.02. The minimum Gasteiger partial charge on any atom is -0.351 e. The van der Waals surface area contributed by atoms with E-state index in [9.17, 15) is 4.79 Å². The van der Waals surface area contributed by atoms with Crippen LogP contribution in [0.2, 0.25) is 5.02 Å². The average molecular weight is 311 g/mol. The summed E-state index contributed by atoms with van der Waals surface area (Å²) in [6.07, 6.45) is 2.28. The Morgan fingerprint density at radius 2 is 1.82 bits per heavy atom. The molecule has 0 fully saturated rings. The summed E-state index contributed by atoms with van der Waals surface area (Å²) in [6.45, 7) is 0.489. The van der Waals surface area contributed by atoms with E-state index in [1.165, 1.54) is 0 Å². The minimum atomic E-state index is -0.367. The van der Waals surface area contributed by atoms with E-state index < -0.39 is 0 Å². The van der Waals surface area contributed by atoms with E-state index in [1.807, 2.05) is 36.4 Å². The first kappa shape index (κ1) is 15.8. The Morgan fingerprint density at radius 1 is 1.14 bits per heavy atom. The molecule has 2 rings (SSSR count). The van der Waals surface area contributed by atoms with Gasteiger partial charge in [0, 0.05) is 11.6 Å². The lowest BCUT2D eigenvalue weighted by molar-refractivity contribution is -0.117. The SMILES string of the molecule is N#CC(=Cc1ccc(Cl)cc1)C(=O)NCCc1ccccc1. The zero-order chi connectivity index (χ0) is 15.8. The first-order valence-electron chi connectivity index (χ1n) is 6.88. The zero-order valence-corrected chi connectivity index (χ0v) is 12.7. The molecule has 2 aromatic rings. The van der Waals surface area contributed by atoms with Crippen LogP contribution in [-0.4, -0.2) is 12.5 Å². The fraction of sp³-hybridized carbons (Fsp3) is 0.111. The van der Waals surface area contributed by atoms with Crippen molar-refractivity contribution in [1.29, 1.82) is 5.26 Å². The summed E-state index contributed by atoms with van der Waals surface area (Å²) in [5, 5.41) is 12.5. The molecule has 110 valence electrons. The molecule has 0 aliphatic heterocycles. The minimum absolute atomic E-state index is 0.0791. The standard InChI is InChI=1S/C18H15ClN2O/c19-17-8-6-15(7-9-17)12-16(13-20)18(22)21-11-10-14-4-2-1-3-5-14/h1-9,12H,10-11H2,(H,21,22). The van der Waals surface area contributed by atoms with Gasteiger partial charge in [-0.05, 0) is 35.8 Å². The number of carbonyl (C=O) groups excluding carboxylic acids is 1. The number of nitrogens with zero attached hydrogens (tertiary/aromatic N) is 1. The van der Waals surface area contributed by atoms with Gasteiger partial charge in [-0.15, -0.1) is 0 Å². The molecule has 0 radical (unpaired) electrons. The van der Waals surface area contributed by atoms with Crippen molar-refractivity contribution in [2.24, 2.45) is 0 Å². The number of nitrogens with one attached hydrogen (secondary N) is 1. The molecule has 0 spiro atoms. The highest BCUT2D eigenvalue weighted by Gasteiger charge is 2.08. The largest absolute Gasteiger partial charge is 0.351 e. The molecule has 0 aromatic heterocycles. The Kier molecular flexibility index (Phi) is 5.76. The van der Waals surface area contributed by atoms with Crippen LogP contribution < -0.4 is 5.32 Å². The lowest BCUT2D eigenvalue weighted by Crippen LogP contribution is -2.26. The second-order valence-corrected chi connectivity index (χ2v) is 5.15. The molecule has 22 heavy (non-hydrogen) atoms. The van der Waals surface area contributed by atoms with Crippen molar-refractivity contribution in [1.82, 2.24) is 5.32 Å². The van der Waals surface area contributed by atoms with Crippen molar-refractivity contribution >= 4 is 23.6 Å². The quantitative estimate of drug-likeness (QED) is 0.677. The average Bonchev–Trinajstić information content (AvgIpc) is 2.55. The highest BCUT2D eigenvalue weighted by atomic mass is 35.5. The fourth-order valence-electron chi connectivity index (χ4n) is 1.93. The van der Waals surface area contributed by atoms with E-state index in [4.69, 9.17) is 16.9 Å². The number of halogens is 1. The molecule has 0 saturated carbocycles. The molecule has 0 atom stereocenters. The van der Waals surface area contributed by atoms with Gasteiger partial charge in [0.25, 0.3) is 5.91 Å². The Morgan fingerprint density at radius 3 is 2.45 bits per heavy atom. The predicted molar refractivity (Wildman–Crippen MR) is 88.2 cm³/mol. The van der Waals surface area contributed by atoms with Crippen molar-refractivity contribution < 1.29 is 4.79 Å². The molecule has 0 heterocycles. The molecular weight excluding hydrogens is 296 g/mol. The third-order valence-electron chi connectivity index (χ3n) is 3.09. The number of carbonyl (C=O) groups is 1. The van der Waals surface area contributed by atoms with E-state index in [0.717, 1.165) is 17.5 Å². The molecule has 0 aliphatic rings. The van der Waals surface area contributed by atoms with Crippen LogP contribution in [0.5, 0.6) is 0 Å². The van der Waals surface area contributed by atoms with Gasteiger partial charge in [0.05, 0.1) is 0 Å². The molecule has 0 bridgehead atoms. The van der Waals surface area contributed by atoms with Gasteiger partial charge in [0.2, 0.25) is 0 Å². The Labute approximate surface area is 134 Å². The Bertz CT molecular complexity index is 700. The van der Waals surface area contributed by atoms with Gasteiger partial charge in [-0.1, -0.05) is 54.1 Å². The van der Waals surface area contributed by atoms with Gasteiger partial charge in [-0.25, -0.2) is 0 Å². The monoisotopic (exact) mass is 310 g/mol. The van der Waals surface area contributed by atoms with Crippen LogP contribution in [0, 0.1) is 11.3 Å². The highest BCUT2D eigenvalue weighted by Crippen LogP contribution is 2.12. The third-order valence-corrected chi connectivity index (χ3v) is 3.34. The summed E-state index contributed by atoms with van der Waals surface area (Å²) >= 11 is 5.81. The number of amides is 1. The molecule has 3 nitrogen and oxygen atoms in total. The van der Waals surface area contributed by atoms with E-state index in [2.05, 4.69) is 5.32 Å². The maximum Gasteiger partial charge on any atom is 0.261 e. The fourth-order valence-corrected chi connectivity index (χ4v) is 2.06. The van der Waals surface area contributed by atoms with Crippen LogP contribution in [0.1, 0.15) is 11.1 Å². The van der Waals surface area contributed by atoms with Gasteiger partial charge in [0.1, 0.15) is 11.6 Å². The zero-order valence-electron chi connectivity index (χ0n) is 11.9. The highest BCUT2D eigenvalue weighted by molar-refractivity contribution is 6.30. The molecule has 1 N–H and O–H groups in total. The van der Waals surface area contributed by atoms with E-state index >= 15 is 0 Å². The smallest absolute Gasteiger partial charge is 0.261 e. The van der Waals surface area contributed by atoms with Gasteiger partial charge in [-0.3, -0.25) is 4.79 Å². The molecule has 0 unspecified atom stereocenters. The number of rotatable bonds is 5. The van der Waals surface area contributed by atoms with E-state index in [1.54, 1.807) is 30.3 Å². The number of hydrogen-bond donors (Lipinski definition) is 1. The molecule has 2 aromatic carbocycles. The topological polar surface area (TPSA) is 52.9 Å². The maximum atomic E-state index is 12.0. The first-order valence-corrected chi connectivity index (χ1v) is 7.26. The van der Waals surface area contributed by atoms with Crippen LogP contribution in [0.15, 0.2) is 60.2 Å². The molecule has 0 saturated heterocycles. The Hall–Kier alpha value is -2.57. The van der Waals surface area contributed by atoms with Crippen molar-refractivity contribution in [3.63, 3.8) is 0 Å². The molecule has 0 aliphatic carbocycles. The summed E-state index contributed by atoms with van der Waals surface area (Å²) in [4.78, 5) is 12.0. The van der Waals surface area contributed by atoms with Crippen molar-refractivity contribution in [2.45, 2.75) is 6.42 Å². The summed E-state index contributed by atoms with van der Waals surface area (Å²) in [6, 6.07) is 18.8. The first-order chi connectivity index (χ1) is 10.7. The number of nitriles is 1. The van der Waals surface area contributed by atoms with Gasteiger partial charge in [0.15, 0.2) is 0 Å². The summed E-state index contributed by atoms with van der Waals surface area (Å²) in [5.74, 6) is -0.367. The van der Waals surface area contributed by atoms with Crippen molar-refractivity contribution in [3.8, 4) is 6.07 Å². The normalized spacial score (nSPS) is 10.8. The molecule has 4 heteroatoms. The van der Waals surface area contributed by atoms with E-state index in [0.29, 0.717) is 11.6 Å². The van der Waals surface area contributed by atoms with Crippen LogP contribution in [0.4, 0.5) is 0 Å². The van der Waals surface area contributed by atoms with Crippen molar-refractivity contribution in [3.05, 3.63) is 76.3 Å². The predicted octanol–water partition coefficient (Wildman–Crippen LogP) is 3.61. The van der Waals surface area contributed by atoms with Gasteiger partial charge >= 0.3 is 0 Å². The van der Waals surface area contributed by atoms with Gasteiger partial charge < -0.3 is 5.32 Å².